The molecular formula is C20H15N3O. The Labute approximate surface area is 139 Å². The van der Waals surface area contributed by atoms with E-state index in [4.69, 9.17) is 0 Å². The fourth-order valence-electron chi connectivity index (χ4n) is 2.55. The third kappa shape index (κ3) is 2.77. The minimum absolute atomic E-state index is 0.218. The van der Waals surface area contributed by atoms with Crippen molar-refractivity contribution in [2.45, 2.75) is 0 Å². The summed E-state index contributed by atoms with van der Waals surface area (Å²) < 4.78 is 0. The van der Waals surface area contributed by atoms with E-state index in [1.807, 2.05) is 60.7 Å². The molecule has 0 aliphatic carbocycles. The number of aromatic hydroxyl groups is 1. The predicted molar refractivity (Wildman–Crippen MR) is 96.9 cm³/mol. The van der Waals surface area contributed by atoms with Gasteiger partial charge in [0.25, 0.3) is 0 Å². The maximum Gasteiger partial charge on any atom is 0.138 e. The number of hydrogen-bond acceptors (Lipinski definition) is 3. The van der Waals surface area contributed by atoms with Crippen molar-refractivity contribution in [3.05, 3.63) is 78.4 Å². The largest absolute Gasteiger partial charge is 0.507 e. The average molecular weight is 313 g/mol. The molecule has 24 heavy (non-hydrogen) atoms. The van der Waals surface area contributed by atoms with Crippen LogP contribution in [-0.4, -0.2) is 21.3 Å². The van der Waals surface area contributed by atoms with Crippen molar-refractivity contribution < 1.29 is 5.11 Å². The van der Waals surface area contributed by atoms with Gasteiger partial charge in [0.05, 0.1) is 16.7 Å². The molecule has 1 heterocycles. The number of para-hydroxylation sites is 1. The van der Waals surface area contributed by atoms with Gasteiger partial charge >= 0.3 is 0 Å². The second-order valence-corrected chi connectivity index (χ2v) is 5.47. The van der Waals surface area contributed by atoms with Crippen molar-refractivity contribution in [2.75, 3.05) is 0 Å². The molecule has 3 aromatic carbocycles. The molecule has 0 fully saturated rings. The fraction of sp³-hybridized carbons (Fsp3) is 0. The molecule has 0 saturated heterocycles. The smallest absolute Gasteiger partial charge is 0.138 e. The molecule has 0 radical (unpaired) electrons. The first-order valence-electron chi connectivity index (χ1n) is 7.67. The number of nitrogens with one attached hydrogen (secondary N) is 1. The van der Waals surface area contributed by atoms with Crippen molar-refractivity contribution in [3.63, 3.8) is 0 Å². The molecule has 0 amide bonds. The summed E-state index contributed by atoms with van der Waals surface area (Å²) in [6.45, 7) is 0. The van der Waals surface area contributed by atoms with Crippen LogP contribution in [0.15, 0.2) is 77.8 Å². The van der Waals surface area contributed by atoms with E-state index in [-0.39, 0.29) is 5.75 Å². The normalized spacial score (nSPS) is 11.3. The highest BCUT2D eigenvalue weighted by atomic mass is 16.3. The second-order valence-electron chi connectivity index (χ2n) is 5.47. The first kappa shape index (κ1) is 14.2. The van der Waals surface area contributed by atoms with Crippen molar-refractivity contribution in [2.24, 2.45) is 4.99 Å². The lowest BCUT2D eigenvalue weighted by Gasteiger charge is -1.97. The predicted octanol–water partition coefficient (Wildman–Crippen LogP) is 4.69. The Kier molecular flexibility index (Phi) is 3.56. The summed E-state index contributed by atoms with van der Waals surface area (Å²) in [6.07, 6.45) is 1.66. The van der Waals surface area contributed by atoms with Crippen LogP contribution in [0.2, 0.25) is 0 Å². The minimum Gasteiger partial charge on any atom is -0.507 e. The summed E-state index contributed by atoms with van der Waals surface area (Å²) >= 11 is 0. The topological polar surface area (TPSA) is 61.3 Å². The van der Waals surface area contributed by atoms with Crippen molar-refractivity contribution in [3.8, 4) is 17.1 Å². The number of phenolic OH excluding ortho intramolecular Hbond substituents is 1. The third-order valence-corrected chi connectivity index (χ3v) is 3.80. The minimum atomic E-state index is 0.218. The molecule has 0 saturated carbocycles. The molecule has 0 aliphatic heterocycles. The number of fused-ring (bicyclic) bond motifs is 1. The van der Waals surface area contributed by atoms with Gasteiger partial charge in [-0.15, -0.1) is 0 Å². The maximum absolute atomic E-state index is 9.78. The van der Waals surface area contributed by atoms with Gasteiger partial charge in [0.2, 0.25) is 0 Å². The number of H-pyrrole nitrogens is 1. The number of imidazole rings is 1. The Balaban J connectivity index is 1.67. The van der Waals surface area contributed by atoms with Crippen LogP contribution in [0.4, 0.5) is 5.69 Å². The van der Waals surface area contributed by atoms with Crippen molar-refractivity contribution in [1.29, 1.82) is 0 Å². The molecule has 4 nitrogen and oxygen atoms in total. The molecule has 0 bridgehead atoms. The molecule has 0 unspecified atom stereocenters. The van der Waals surface area contributed by atoms with Gasteiger partial charge in [-0.2, -0.15) is 0 Å². The highest BCUT2D eigenvalue weighted by Gasteiger charge is 2.05. The van der Waals surface area contributed by atoms with E-state index in [2.05, 4.69) is 15.0 Å². The number of rotatable bonds is 3. The molecule has 4 aromatic rings. The van der Waals surface area contributed by atoms with Crippen LogP contribution in [-0.2, 0) is 0 Å². The number of aromatic amines is 1. The molecule has 0 aliphatic rings. The van der Waals surface area contributed by atoms with Crippen LogP contribution in [0.3, 0.4) is 0 Å². The molecule has 2 N–H and O–H groups in total. The number of aliphatic imine (C=N–C) groups is 1. The van der Waals surface area contributed by atoms with Crippen LogP contribution in [0, 0.1) is 0 Å². The zero-order valence-corrected chi connectivity index (χ0v) is 12.8. The van der Waals surface area contributed by atoms with Gasteiger partial charge in [-0.25, -0.2) is 4.98 Å². The standard InChI is InChI=1S/C20H15N3O/c24-19-9-5-4-8-15(19)13-21-16-10-11-17-18(12-16)23-20(22-17)14-6-2-1-3-7-14/h1-13,24H,(H,22,23). The number of aromatic nitrogens is 2. The molecule has 116 valence electrons. The average Bonchev–Trinajstić information content (AvgIpc) is 3.05. The zero-order valence-electron chi connectivity index (χ0n) is 12.8. The highest BCUT2D eigenvalue weighted by Crippen LogP contribution is 2.24. The monoisotopic (exact) mass is 313 g/mol. The van der Waals surface area contributed by atoms with E-state index in [0.717, 1.165) is 28.1 Å². The molecule has 0 spiro atoms. The Morgan fingerprint density at radius 2 is 1.71 bits per heavy atom. The van der Waals surface area contributed by atoms with Gasteiger partial charge in [0.1, 0.15) is 11.6 Å². The van der Waals surface area contributed by atoms with E-state index < -0.39 is 0 Å². The van der Waals surface area contributed by atoms with E-state index in [1.54, 1.807) is 18.3 Å². The van der Waals surface area contributed by atoms with Gasteiger partial charge in [0, 0.05) is 17.3 Å². The summed E-state index contributed by atoms with van der Waals surface area (Å²) in [4.78, 5) is 12.4. The summed E-state index contributed by atoms with van der Waals surface area (Å²) in [5.41, 5.74) is 4.37. The van der Waals surface area contributed by atoms with Crippen LogP contribution >= 0.6 is 0 Å². The van der Waals surface area contributed by atoms with Gasteiger partial charge < -0.3 is 10.1 Å². The Morgan fingerprint density at radius 3 is 2.54 bits per heavy atom. The summed E-state index contributed by atoms with van der Waals surface area (Å²) in [7, 11) is 0. The van der Waals surface area contributed by atoms with Crippen LogP contribution in [0.1, 0.15) is 5.56 Å². The summed E-state index contributed by atoms with van der Waals surface area (Å²) in [5, 5.41) is 9.78. The van der Waals surface area contributed by atoms with E-state index in [0.29, 0.717) is 5.56 Å². The molecular weight excluding hydrogens is 298 g/mol. The van der Waals surface area contributed by atoms with E-state index in [9.17, 15) is 5.11 Å². The SMILES string of the molecule is Oc1ccccc1C=Nc1ccc2nc(-c3ccccc3)[nH]c2c1. The number of benzene rings is 3. The first-order chi connectivity index (χ1) is 11.8. The highest BCUT2D eigenvalue weighted by molar-refractivity contribution is 5.87. The lowest BCUT2D eigenvalue weighted by molar-refractivity contribution is 0.474. The quantitative estimate of drug-likeness (QED) is 0.539. The van der Waals surface area contributed by atoms with Gasteiger partial charge in [-0.1, -0.05) is 42.5 Å². The Bertz CT molecular complexity index is 1020. The van der Waals surface area contributed by atoms with Gasteiger partial charge in [-0.05, 0) is 30.3 Å². The van der Waals surface area contributed by atoms with Crippen LogP contribution in [0.25, 0.3) is 22.4 Å². The summed E-state index contributed by atoms with van der Waals surface area (Å²) in [6, 6.07) is 22.9. The fourth-order valence-corrected chi connectivity index (χ4v) is 2.55. The van der Waals surface area contributed by atoms with Crippen molar-refractivity contribution in [1.82, 2.24) is 9.97 Å². The van der Waals surface area contributed by atoms with Crippen molar-refractivity contribution >= 4 is 22.9 Å². The summed E-state index contributed by atoms with van der Waals surface area (Å²) in [5.74, 6) is 1.06. The molecule has 4 rings (SSSR count). The van der Waals surface area contributed by atoms with Gasteiger partial charge in [0.15, 0.2) is 0 Å². The van der Waals surface area contributed by atoms with Crippen LogP contribution < -0.4 is 0 Å². The molecule has 1 aromatic heterocycles. The number of phenols is 1. The van der Waals surface area contributed by atoms with Crippen LogP contribution in [0.5, 0.6) is 5.75 Å². The molecule has 0 atom stereocenters. The Hall–Kier alpha value is -3.40. The lowest BCUT2D eigenvalue weighted by Crippen LogP contribution is -1.80. The lowest BCUT2D eigenvalue weighted by atomic mass is 10.2. The third-order valence-electron chi connectivity index (χ3n) is 3.80. The van der Waals surface area contributed by atoms with Gasteiger partial charge in [-0.3, -0.25) is 4.99 Å². The zero-order chi connectivity index (χ0) is 16.4. The van der Waals surface area contributed by atoms with E-state index >= 15 is 0 Å². The number of hydrogen-bond donors (Lipinski definition) is 2. The molecule has 4 heteroatoms. The second kappa shape index (κ2) is 6.01. The number of nitrogens with zero attached hydrogens (tertiary/aromatic N) is 2. The maximum atomic E-state index is 9.78. The Morgan fingerprint density at radius 1 is 0.917 bits per heavy atom. The first-order valence-corrected chi connectivity index (χ1v) is 7.67. The van der Waals surface area contributed by atoms with E-state index in [1.165, 1.54) is 0 Å².